The van der Waals surface area contributed by atoms with E-state index in [0.717, 1.165) is 62.8 Å². The third-order valence-electron chi connectivity index (χ3n) is 6.80. The highest BCUT2D eigenvalue weighted by Crippen LogP contribution is 3.02. The van der Waals surface area contributed by atoms with E-state index in [1.165, 1.54) is 11.9 Å². The molecule has 2 aromatic rings. The van der Waals surface area contributed by atoms with Crippen molar-refractivity contribution in [2.75, 3.05) is 24.4 Å². The summed E-state index contributed by atoms with van der Waals surface area (Å²) in [5.41, 5.74) is -0.311. The maximum atomic E-state index is 14.5. The minimum absolute atomic E-state index is 0.0106. The number of rotatable bonds is 7. The molecule has 0 spiro atoms. The number of benzene rings is 1. The Morgan fingerprint density at radius 1 is 1.19 bits per heavy atom. The topological polar surface area (TPSA) is 89.3 Å². The quantitative estimate of drug-likeness (QED) is 0.155. The second-order valence-electron chi connectivity index (χ2n) is 9.90. The van der Waals surface area contributed by atoms with E-state index in [2.05, 4.69) is 10.3 Å². The van der Waals surface area contributed by atoms with Gasteiger partial charge in [0.25, 0.3) is 0 Å². The van der Waals surface area contributed by atoms with Crippen LogP contribution in [0.1, 0.15) is 37.3 Å². The molecule has 2 heterocycles. The van der Waals surface area contributed by atoms with Gasteiger partial charge in [-0.1, -0.05) is 28.0 Å². The van der Waals surface area contributed by atoms with Gasteiger partial charge in [-0.25, -0.2) is 13.2 Å². The van der Waals surface area contributed by atoms with Gasteiger partial charge in [-0.15, -0.1) is 0 Å². The molecular weight excluding hydrogens is 617 g/mol. The molecule has 7 nitrogen and oxygen atoms in total. The Morgan fingerprint density at radius 2 is 1.81 bits per heavy atom. The smallest absolute Gasteiger partial charge is 0.310 e. The van der Waals surface area contributed by atoms with E-state index in [0.29, 0.717) is 0 Å². The number of hydrogen-bond donors (Lipinski definition) is 1. The normalized spacial score (nSPS) is 21.6. The van der Waals surface area contributed by atoms with Crippen molar-refractivity contribution >= 4 is 36.7 Å². The first-order valence-electron chi connectivity index (χ1n) is 12.5. The summed E-state index contributed by atoms with van der Waals surface area (Å²) >= 11 is 0. The van der Waals surface area contributed by atoms with Gasteiger partial charge < -0.3 is 15.0 Å². The van der Waals surface area contributed by atoms with Crippen molar-refractivity contribution < 1.29 is 42.2 Å². The molecule has 3 atom stereocenters. The largest absolute Gasteiger partial charge is 0.359 e. The minimum atomic E-state index is -9.90. The summed E-state index contributed by atoms with van der Waals surface area (Å²) < 4.78 is 106. The number of likely N-dealkylation sites (N-methyl/N-ethyl adjacent to an activating group) is 1. The molecule has 0 radical (unpaired) electrons. The number of anilines is 1. The molecule has 1 saturated heterocycles. The van der Waals surface area contributed by atoms with Crippen LogP contribution < -0.4 is 10.2 Å². The molecule has 1 amide bonds. The first-order chi connectivity index (χ1) is 19.3. The van der Waals surface area contributed by atoms with Gasteiger partial charge >= 0.3 is 10.2 Å². The molecule has 42 heavy (non-hydrogen) atoms. The van der Waals surface area contributed by atoms with E-state index in [1.54, 1.807) is 0 Å². The lowest BCUT2D eigenvalue weighted by Gasteiger charge is -2.40. The molecule has 1 aliphatic heterocycles. The van der Waals surface area contributed by atoms with Crippen molar-refractivity contribution in [3.05, 3.63) is 54.1 Å². The van der Waals surface area contributed by atoms with Crippen molar-refractivity contribution in [2.45, 2.75) is 54.6 Å². The average molecular weight is 646 g/mol. The zero-order valence-electron chi connectivity index (χ0n) is 22.1. The van der Waals surface area contributed by atoms with Gasteiger partial charge in [-0.3, -0.25) is 14.7 Å². The number of carbonyl (C=O) groups is 2. The van der Waals surface area contributed by atoms with Crippen LogP contribution in [0.25, 0.3) is 0 Å². The molecule has 2 aliphatic rings. The van der Waals surface area contributed by atoms with Gasteiger partial charge in [0.05, 0.1) is 6.04 Å². The number of nitrogens with zero attached hydrogens (tertiary/aromatic N) is 4. The number of pyridine rings is 1. The van der Waals surface area contributed by atoms with Gasteiger partial charge in [-0.2, -0.15) is 5.26 Å². The maximum Gasteiger partial charge on any atom is 0.310 e. The Hall–Kier alpha value is -3.18. The fourth-order valence-electron chi connectivity index (χ4n) is 4.46. The standard InChI is InChI=1S/C20H21F8N3OS.C5H7N2OP/c1-31(14-2-4-15(5-3-14)33(24,25,26,27)28)18(16-12-29-11-8-17(16)21)19(32)30-13-6-9-20(22,23)10-7-13;6-3-7-4-9-2-5(7)1-8/h2-5,8,11-13,18H,6-7,9-10H2,1H3,(H,30,32);1,5,9H,2,4H2. The fraction of sp³-hybridized carbons (Fsp3) is 0.440. The van der Waals surface area contributed by atoms with Gasteiger partial charge in [0.15, 0.2) is 6.19 Å². The number of amides is 1. The fourth-order valence-corrected chi connectivity index (χ4v) is 6.40. The monoisotopic (exact) mass is 645 g/mol. The van der Waals surface area contributed by atoms with Crippen LogP contribution in [0, 0.1) is 17.3 Å². The molecule has 1 aromatic heterocycles. The number of nitriles is 1. The van der Waals surface area contributed by atoms with E-state index in [9.17, 15) is 42.2 Å². The van der Waals surface area contributed by atoms with E-state index < -0.39 is 57.7 Å². The summed E-state index contributed by atoms with van der Waals surface area (Å²) in [4.78, 5) is 27.5. The Labute approximate surface area is 238 Å². The molecule has 2 fully saturated rings. The van der Waals surface area contributed by atoms with E-state index >= 15 is 0 Å². The highest BCUT2D eigenvalue weighted by molar-refractivity contribution is 8.45. The second kappa shape index (κ2) is 11.8. The van der Waals surface area contributed by atoms with Crippen molar-refractivity contribution in [1.29, 1.82) is 5.26 Å². The number of aromatic nitrogens is 1. The highest BCUT2D eigenvalue weighted by atomic mass is 32.5. The van der Waals surface area contributed by atoms with Crippen molar-refractivity contribution in [3.8, 4) is 6.19 Å². The third kappa shape index (κ3) is 8.67. The molecule has 17 heteroatoms. The van der Waals surface area contributed by atoms with Crippen molar-refractivity contribution in [3.63, 3.8) is 0 Å². The third-order valence-corrected chi connectivity index (χ3v) is 9.24. The summed E-state index contributed by atoms with van der Waals surface area (Å²) in [5.74, 6) is -4.47. The Morgan fingerprint density at radius 3 is 2.31 bits per heavy atom. The first kappa shape index (κ1) is 33.3. The maximum absolute atomic E-state index is 14.5. The summed E-state index contributed by atoms with van der Waals surface area (Å²) in [6.07, 6.45) is 5.76. The van der Waals surface area contributed by atoms with Crippen LogP contribution in [-0.4, -0.2) is 59.6 Å². The number of aldehydes is 1. The summed E-state index contributed by atoms with van der Waals surface area (Å²) in [6, 6.07) is 0.646. The van der Waals surface area contributed by atoms with Gasteiger partial charge in [0.2, 0.25) is 11.8 Å². The minimum Gasteiger partial charge on any atom is -0.359 e. The predicted octanol–water partition coefficient (Wildman–Crippen LogP) is 6.74. The number of halogens is 8. The lowest BCUT2D eigenvalue weighted by Crippen LogP contribution is -2.46. The second-order valence-corrected chi connectivity index (χ2v) is 13.5. The average Bonchev–Trinajstić information content (AvgIpc) is 3.38. The Bertz CT molecular complexity index is 1320. The molecule has 4 rings (SSSR count). The van der Waals surface area contributed by atoms with Crippen LogP contribution in [0.5, 0.6) is 0 Å². The van der Waals surface area contributed by atoms with Gasteiger partial charge in [0, 0.05) is 55.9 Å². The molecular formula is C25H28F8N5O2PS. The van der Waals surface area contributed by atoms with Crippen LogP contribution in [0.4, 0.5) is 38.3 Å². The van der Waals surface area contributed by atoms with E-state index in [4.69, 9.17) is 5.26 Å². The summed E-state index contributed by atoms with van der Waals surface area (Å²) in [5, 5.41) is 11.0. The lowest BCUT2D eigenvalue weighted by molar-refractivity contribution is -0.124. The number of carbonyl (C=O) groups excluding carboxylic acids is 2. The molecule has 1 aromatic carbocycles. The molecule has 1 N–H and O–H groups in total. The number of hydrogen-bond acceptors (Lipinski definition) is 6. The van der Waals surface area contributed by atoms with Crippen molar-refractivity contribution in [1.82, 2.24) is 15.2 Å². The predicted molar refractivity (Wildman–Crippen MR) is 144 cm³/mol. The first-order valence-corrected chi connectivity index (χ1v) is 15.9. The van der Waals surface area contributed by atoms with Crippen LogP contribution in [-0.2, 0) is 9.59 Å². The summed E-state index contributed by atoms with van der Waals surface area (Å²) in [7, 11) is -7.88. The molecule has 3 unspecified atom stereocenters. The molecule has 0 bridgehead atoms. The molecule has 1 saturated carbocycles. The van der Waals surface area contributed by atoms with Crippen LogP contribution in [0.15, 0.2) is 47.6 Å². The number of alkyl halides is 2. The Balaban J connectivity index is 0.000000458. The van der Waals surface area contributed by atoms with E-state index in [1.807, 2.05) is 6.19 Å². The van der Waals surface area contributed by atoms with Gasteiger partial charge in [0.1, 0.15) is 23.0 Å². The number of nitrogens with one attached hydrogen (secondary N) is 1. The summed E-state index contributed by atoms with van der Waals surface area (Å²) in [6.45, 7) is 0. The highest BCUT2D eigenvalue weighted by Gasteiger charge is 2.65. The molecule has 1 aliphatic carbocycles. The van der Waals surface area contributed by atoms with Gasteiger partial charge in [-0.05, 0) is 49.3 Å². The van der Waals surface area contributed by atoms with Crippen LogP contribution >= 0.6 is 18.8 Å². The van der Waals surface area contributed by atoms with E-state index in [-0.39, 0.29) is 42.3 Å². The van der Waals surface area contributed by atoms with Crippen LogP contribution in [0.3, 0.4) is 0 Å². The Kier molecular flexibility index (Phi) is 9.39. The van der Waals surface area contributed by atoms with Crippen LogP contribution in [0.2, 0.25) is 0 Å². The lowest BCUT2D eigenvalue weighted by atomic mass is 9.92. The zero-order chi connectivity index (χ0) is 31.4. The van der Waals surface area contributed by atoms with Crippen molar-refractivity contribution in [2.24, 2.45) is 0 Å². The molecule has 232 valence electrons. The zero-order valence-corrected chi connectivity index (χ0v) is 23.9. The SMILES string of the molecule is CN(c1ccc(S(F)(F)(F)(F)F)cc1)C(C(=O)NC1CCC(F)(F)CC1)c1cnccc1F.N#CN1CPCC1C=O.